The first kappa shape index (κ1) is 11.9. The van der Waals surface area contributed by atoms with Crippen LogP contribution in [0.3, 0.4) is 0 Å². The third-order valence-corrected chi connectivity index (χ3v) is 3.50. The van der Waals surface area contributed by atoms with Gasteiger partial charge in [-0.1, -0.05) is 0 Å². The fourth-order valence-corrected chi connectivity index (χ4v) is 2.53. The van der Waals surface area contributed by atoms with Crippen LogP contribution in [0.1, 0.15) is 32.6 Å². The summed E-state index contributed by atoms with van der Waals surface area (Å²) in [4.78, 5) is 14.1. The molecule has 0 aromatic rings. The number of likely N-dealkylation sites (N-methyl/N-ethyl adjacent to an activating group) is 1. The first-order valence-corrected chi connectivity index (χ1v) is 6.45. The van der Waals surface area contributed by atoms with E-state index in [4.69, 9.17) is 4.74 Å². The van der Waals surface area contributed by atoms with Gasteiger partial charge in [0, 0.05) is 25.7 Å². The predicted octanol–water partition coefficient (Wildman–Crippen LogP) is 0.766. The normalized spacial score (nSPS) is 29.6. The molecule has 0 aliphatic carbocycles. The number of hydrogen-bond donors (Lipinski definition) is 1. The van der Waals surface area contributed by atoms with E-state index in [0.29, 0.717) is 6.04 Å². The molecular formula is C12H22N2O2. The van der Waals surface area contributed by atoms with Gasteiger partial charge in [0.2, 0.25) is 0 Å². The van der Waals surface area contributed by atoms with E-state index in [1.54, 1.807) is 0 Å². The van der Waals surface area contributed by atoms with Gasteiger partial charge < -0.3 is 15.0 Å². The summed E-state index contributed by atoms with van der Waals surface area (Å²) < 4.78 is 5.45. The highest BCUT2D eigenvalue weighted by atomic mass is 16.5. The summed E-state index contributed by atoms with van der Waals surface area (Å²) in [7, 11) is 0. The molecule has 2 heterocycles. The molecule has 2 unspecified atom stereocenters. The summed E-state index contributed by atoms with van der Waals surface area (Å²) in [5.74, 6) is 0.189. The summed E-state index contributed by atoms with van der Waals surface area (Å²) in [5.41, 5.74) is 0. The van der Waals surface area contributed by atoms with Crippen LogP contribution in [-0.4, -0.2) is 49.2 Å². The number of rotatable bonds is 4. The number of nitrogens with one attached hydrogen (secondary N) is 1. The molecule has 2 aliphatic heterocycles. The third-order valence-electron chi connectivity index (χ3n) is 3.50. The lowest BCUT2D eigenvalue weighted by Gasteiger charge is -2.26. The van der Waals surface area contributed by atoms with Crippen LogP contribution in [0.5, 0.6) is 0 Å². The van der Waals surface area contributed by atoms with E-state index >= 15 is 0 Å². The Bertz CT molecular complexity index is 233. The Balaban J connectivity index is 1.84. The largest absolute Gasteiger partial charge is 0.368 e. The van der Waals surface area contributed by atoms with Gasteiger partial charge in [0.05, 0.1) is 0 Å². The van der Waals surface area contributed by atoms with Crippen LogP contribution in [0.2, 0.25) is 0 Å². The first-order chi connectivity index (χ1) is 7.81. The molecule has 2 aliphatic rings. The van der Waals surface area contributed by atoms with Crippen molar-refractivity contribution < 1.29 is 9.53 Å². The number of nitrogens with zero attached hydrogens (tertiary/aromatic N) is 1. The van der Waals surface area contributed by atoms with Crippen molar-refractivity contribution in [2.75, 3.05) is 26.2 Å². The maximum atomic E-state index is 12.1. The van der Waals surface area contributed by atoms with Gasteiger partial charge in [-0.2, -0.15) is 0 Å². The van der Waals surface area contributed by atoms with Crippen LogP contribution in [-0.2, 0) is 9.53 Å². The van der Waals surface area contributed by atoms with Crippen LogP contribution < -0.4 is 5.32 Å². The molecule has 0 spiro atoms. The maximum absolute atomic E-state index is 12.1. The molecule has 0 radical (unpaired) electrons. The minimum atomic E-state index is -0.165. The van der Waals surface area contributed by atoms with Gasteiger partial charge in [-0.05, 0) is 39.2 Å². The minimum absolute atomic E-state index is 0.165. The van der Waals surface area contributed by atoms with Gasteiger partial charge >= 0.3 is 0 Å². The van der Waals surface area contributed by atoms with Crippen molar-refractivity contribution in [1.29, 1.82) is 0 Å². The first-order valence-electron chi connectivity index (χ1n) is 6.45. The Morgan fingerprint density at radius 2 is 2.31 bits per heavy atom. The molecule has 0 aromatic heterocycles. The molecule has 16 heavy (non-hydrogen) atoms. The van der Waals surface area contributed by atoms with Crippen molar-refractivity contribution in [3.05, 3.63) is 0 Å². The maximum Gasteiger partial charge on any atom is 0.251 e. The summed E-state index contributed by atoms with van der Waals surface area (Å²) >= 11 is 0. The highest BCUT2D eigenvalue weighted by Gasteiger charge is 2.29. The molecule has 2 rings (SSSR count). The minimum Gasteiger partial charge on any atom is -0.368 e. The average molecular weight is 226 g/mol. The van der Waals surface area contributed by atoms with E-state index in [9.17, 15) is 4.79 Å². The summed E-state index contributed by atoms with van der Waals surface area (Å²) in [5, 5.41) is 3.43. The van der Waals surface area contributed by atoms with Crippen LogP contribution in [0.25, 0.3) is 0 Å². The Morgan fingerprint density at radius 1 is 1.44 bits per heavy atom. The third kappa shape index (κ3) is 2.74. The van der Waals surface area contributed by atoms with E-state index in [0.717, 1.165) is 39.1 Å². The number of amides is 1. The zero-order chi connectivity index (χ0) is 11.4. The predicted molar refractivity (Wildman–Crippen MR) is 62.3 cm³/mol. The Kier molecular flexibility index (Phi) is 4.18. The Morgan fingerprint density at radius 3 is 2.88 bits per heavy atom. The highest BCUT2D eigenvalue weighted by molar-refractivity contribution is 5.81. The fraction of sp³-hybridized carbons (Fsp3) is 0.917. The molecule has 1 amide bonds. The lowest BCUT2D eigenvalue weighted by Crippen LogP contribution is -2.45. The lowest BCUT2D eigenvalue weighted by molar-refractivity contribution is -0.141. The van der Waals surface area contributed by atoms with E-state index in [1.807, 2.05) is 11.8 Å². The summed E-state index contributed by atoms with van der Waals surface area (Å²) in [6.45, 7) is 5.51. The molecule has 4 heteroatoms. The smallest absolute Gasteiger partial charge is 0.251 e. The van der Waals surface area contributed by atoms with Crippen molar-refractivity contribution in [3.63, 3.8) is 0 Å². The highest BCUT2D eigenvalue weighted by Crippen LogP contribution is 2.16. The van der Waals surface area contributed by atoms with Crippen LogP contribution in [0, 0.1) is 0 Å². The number of carbonyl (C=O) groups excluding carboxylic acids is 1. The van der Waals surface area contributed by atoms with Crippen molar-refractivity contribution >= 4 is 5.91 Å². The molecular weight excluding hydrogens is 204 g/mol. The van der Waals surface area contributed by atoms with Crippen molar-refractivity contribution in [1.82, 2.24) is 10.2 Å². The van der Waals surface area contributed by atoms with Crippen molar-refractivity contribution in [2.24, 2.45) is 0 Å². The van der Waals surface area contributed by atoms with Gasteiger partial charge in [0.25, 0.3) is 5.91 Å². The monoisotopic (exact) mass is 226 g/mol. The second-order valence-corrected chi connectivity index (χ2v) is 4.67. The number of carbonyl (C=O) groups is 1. The zero-order valence-electron chi connectivity index (χ0n) is 10.1. The molecule has 2 fully saturated rings. The fourth-order valence-electron chi connectivity index (χ4n) is 2.53. The molecule has 2 atom stereocenters. The van der Waals surface area contributed by atoms with Crippen molar-refractivity contribution in [2.45, 2.75) is 44.8 Å². The average Bonchev–Trinajstić information content (AvgIpc) is 2.97. The van der Waals surface area contributed by atoms with Crippen LogP contribution >= 0.6 is 0 Å². The number of ether oxygens (including phenoxy) is 1. The Labute approximate surface area is 97.3 Å². The van der Waals surface area contributed by atoms with Gasteiger partial charge in [-0.3, -0.25) is 4.79 Å². The molecule has 0 bridgehead atoms. The molecule has 0 saturated carbocycles. The summed E-state index contributed by atoms with van der Waals surface area (Å²) in [6, 6.07) is 0.491. The molecule has 4 nitrogen and oxygen atoms in total. The Hall–Kier alpha value is -0.610. The van der Waals surface area contributed by atoms with E-state index in [1.165, 1.54) is 12.8 Å². The SMILES string of the molecule is CCN(CC1CCCN1)C(=O)C1CCCO1. The summed E-state index contributed by atoms with van der Waals surface area (Å²) in [6.07, 6.45) is 4.18. The van der Waals surface area contributed by atoms with E-state index in [-0.39, 0.29) is 12.0 Å². The topological polar surface area (TPSA) is 41.6 Å². The van der Waals surface area contributed by atoms with Crippen LogP contribution in [0.4, 0.5) is 0 Å². The molecule has 0 aromatic carbocycles. The molecule has 2 saturated heterocycles. The molecule has 92 valence electrons. The zero-order valence-corrected chi connectivity index (χ0v) is 10.1. The second kappa shape index (κ2) is 5.64. The van der Waals surface area contributed by atoms with Gasteiger partial charge in [0.1, 0.15) is 6.10 Å². The van der Waals surface area contributed by atoms with Crippen molar-refractivity contribution in [3.8, 4) is 0 Å². The van der Waals surface area contributed by atoms with Gasteiger partial charge in [0.15, 0.2) is 0 Å². The van der Waals surface area contributed by atoms with E-state index < -0.39 is 0 Å². The second-order valence-electron chi connectivity index (χ2n) is 4.67. The van der Waals surface area contributed by atoms with Gasteiger partial charge in [-0.25, -0.2) is 0 Å². The standard InChI is InChI=1S/C12H22N2O2/c1-2-14(9-10-5-3-7-13-10)12(15)11-6-4-8-16-11/h10-11,13H,2-9H2,1H3. The quantitative estimate of drug-likeness (QED) is 0.769. The number of hydrogen-bond acceptors (Lipinski definition) is 3. The molecule has 1 N–H and O–H groups in total. The van der Waals surface area contributed by atoms with E-state index in [2.05, 4.69) is 5.32 Å². The van der Waals surface area contributed by atoms with Crippen LogP contribution in [0.15, 0.2) is 0 Å². The lowest BCUT2D eigenvalue weighted by atomic mass is 10.1. The van der Waals surface area contributed by atoms with Gasteiger partial charge in [-0.15, -0.1) is 0 Å².